The Bertz CT molecular complexity index is 152. The maximum absolute atomic E-state index is 11.3. The molecule has 1 N–H and O–H groups in total. The lowest BCUT2D eigenvalue weighted by Crippen LogP contribution is -2.30. The number of Topliss-reactive ketones (excluding diaryl/α,β-unsaturated/α-hetero) is 1. The molecule has 4 heteroatoms. The molecule has 0 saturated heterocycles. The summed E-state index contributed by atoms with van der Waals surface area (Å²) >= 11 is 0. The summed E-state index contributed by atoms with van der Waals surface area (Å²) in [5.74, 6) is -0.162. The van der Waals surface area contributed by atoms with Crippen molar-refractivity contribution in [3.05, 3.63) is 0 Å². The summed E-state index contributed by atoms with van der Waals surface area (Å²) in [7, 11) is 2.79. The van der Waals surface area contributed by atoms with Crippen molar-refractivity contribution < 1.29 is 19.4 Å². The van der Waals surface area contributed by atoms with E-state index in [1.165, 1.54) is 14.2 Å². The quantitative estimate of drug-likeness (QED) is 0.622. The van der Waals surface area contributed by atoms with Gasteiger partial charge in [-0.1, -0.05) is 13.8 Å². The maximum Gasteiger partial charge on any atom is 0.217 e. The first kappa shape index (κ1) is 12.6. The molecule has 0 aromatic rings. The number of rotatable bonds is 6. The number of ether oxygens (including phenoxy) is 2. The van der Waals surface area contributed by atoms with Crippen LogP contribution in [0.4, 0.5) is 0 Å². The molecule has 0 aromatic carbocycles. The van der Waals surface area contributed by atoms with Crippen LogP contribution in [-0.4, -0.2) is 37.5 Å². The van der Waals surface area contributed by atoms with E-state index in [1.54, 1.807) is 0 Å². The number of ketones is 1. The van der Waals surface area contributed by atoms with E-state index >= 15 is 0 Å². The number of hydrogen-bond donors (Lipinski definition) is 1. The molecule has 1 unspecified atom stereocenters. The maximum atomic E-state index is 11.3. The molecule has 13 heavy (non-hydrogen) atoms. The second kappa shape index (κ2) is 6.07. The van der Waals surface area contributed by atoms with Gasteiger partial charge in [-0.2, -0.15) is 0 Å². The number of aliphatic hydroxyl groups excluding tert-OH is 1. The van der Waals surface area contributed by atoms with Crippen molar-refractivity contribution in [1.29, 1.82) is 0 Å². The Morgan fingerprint density at radius 3 is 2.08 bits per heavy atom. The van der Waals surface area contributed by atoms with Crippen molar-refractivity contribution in [3.8, 4) is 0 Å². The SMILES string of the molecule is COC(OC)C(=O)CC(O)C(C)C. The lowest BCUT2D eigenvalue weighted by atomic mass is 10.0. The van der Waals surface area contributed by atoms with Crippen LogP contribution in [0.1, 0.15) is 20.3 Å². The summed E-state index contributed by atoms with van der Waals surface area (Å²) < 4.78 is 9.52. The van der Waals surface area contributed by atoms with Gasteiger partial charge in [-0.05, 0) is 5.92 Å². The van der Waals surface area contributed by atoms with E-state index in [4.69, 9.17) is 9.47 Å². The normalized spacial score (nSPS) is 13.8. The fourth-order valence-corrected chi connectivity index (χ4v) is 0.897. The third-order valence-electron chi connectivity index (χ3n) is 1.87. The zero-order valence-corrected chi connectivity index (χ0v) is 8.61. The van der Waals surface area contributed by atoms with Gasteiger partial charge in [-0.15, -0.1) is 0 Å². The van der Waals surface area contributed by atoms with Gasteiger partial charge in [0.2, 0.25) is 6.29 Å². The molecule has 0 bridgehead atoms. The smallest absolute Gasteiger partial charge is 0.217 e. The third kappa shape index (κ3) is 4.36. The van der Waals surface area contributed by atoms with Crippen molar-refractivity contribution in [2.45, 2.75) is 32.7 Å². The van der Waals surface area contributed by atoms with E-state index in [2.05, 4.69) is 0 Å². The number of aliphatic hydroxyl groups is 1. The molecular weight excluding hydrogens is 172 g/mol. The van der Waals surface area contributed by atoms with Crippen molar-refractivity contribution in [2.24, 2.45) is 5.92 Å². The molecule has 0 aliphatic rings. The molecule has 0 aliphatic heterocycles. The largest absolute Gasteiger partial charge is 0.392 e. The Kier molecular flexibility index (Phi) is 5.86. The van der Waals surface area contributed by atoms with Crippen LogP contribution in [0.2, 0.25) is 0 Å². The number of methoxy groups -OCH3 is 2. The van der Waals surface area contributed by atoms with E-state index in [0.29, 0.717) is 0 Å². The summed E-state index contributed by atoms with van der Waals surface area (Å²) in [6.45, 7) is 3.71. The minimum Gasteiger partial charge on any atom is -0.392 e. The van der Waals surface area contributed by atoms with Crippen LogP contribution < -0.4 is 0 Å². The van der Waals surface area contributed by atoms with Gasteiger partial charge in [-0.3, -0.25) is 4.79 Å². The predicted molar refractivity (Wildman–Crippen MR) is 48.3 cm³/mol. The van der Waals surface area contributed by atoms with Crippen molar-refractivity contribution >= 4 is 5.78 Å². The monoisotopic (exact) mass is 190 g/mol. The standard InChI is InChI=1S/C9H18O4/c1-6(2)7(10)5-8(11)9(12-3)13-4/h6-7,9-10H,5H2,1-4H3. The van der Waals surface area contributed by atoms with Crippen molar-refractivity contribution in [1.82, 2.24) is 0 Å². The van der Waals surface area contributed by atoms with Crippen LogP contribution in [-0.2, 0) is 14.3 Å². The lowest BCUT2D eigenvalue weighted by molar-refractivity contribution is -0.159. The predicted octanol–water partition coefficient (Wildman–Crippen LogP) is 0.581. The molecule has 0 aromatic heterocycles. The van der Waals surface area contributed by atoms with Crippen molar-refractivity contribution in [2.75, 3.05) is 14.2 Å². The molecule has 0 radical (unpaired) electrons. The molecule has 0 heterocycles. The highest BCUT2D eigenvalue weighted by Gasteiger charge is 2.21. The highest BCUT2D eigenvalue weighted by atomic mass is 16.7. The average Bonchev–Trinajstić information content (AvgIpc) is 2.06. The van der Waals surface area contributed by atoms with Gasteiger partial charge in [-0.25, -0.2) is 0 Å². The minimum absolute atomic E-state index is 0.0679. The first-order chi connectivity index (χ1) is 6.02. The third-order valence-corrected chi connectivity index (χ3v) is 1.87. The van der Waals surface area contributed by atoms with Crippen LogP contribution >= 0.6 is 0 Å². The Hall–Kier alpha value is -0.450. The highest BCUT2D eigenvalue weighted by Crippen LogP contribution is 2.08. The molecule has 0 rings (SSSR count). The van der Waals surface area contributed by atoms with E-state index in [-0.39, 0.29) is 18.1 Å². The van der Waals surface area contributed by atoms with Crippen LogP contribution in [0, 0.1) is 5.92 Å². The molecule has 0 aliphatic carbocycles. The van der Waals surface area contributed by atoms with Gasteiger partial charge in [0.1, 0.15) is 0 Å². The minimum atomic E-state index is -0.853. The Balaban J connectivity index is 3.98. The summed E-state index contributed by atoms with van der Waals surface area (Å²) in [4.78, 5) is 11.3. The second-order valence-corrected chi connectivity index (χ2v) is 3.29. The van der Waals surface area contributed by atoms with Crippen LogP contribution in [0.5, 0.6) is 0 Å². The Morgan fingerprint density at radius 1 is 1.31 bits per heavy atom. The summed E-state index contributed by atoms with van der Waals surface area (Å²) in [6.07, 6.45) is -1.40. The number of carbonyl (C=O) groups is 1. The fraction of sp³-hybridized carbons (Fsp3) is 0.889. The van der Waals surface area contributed by atoms with Gasteiger partial charge >= 0.3 is 0 Å². The number of carbonyl (C=O) groups excluding carboxylic acids is 1. The zero-order chi connectivity index (χ0) is 10.4. The van der Waals surface area contributed by atoms with Crippen molar-refractivity contribution in [3.63, 3.8) is 0 Å². The average molecular weight is 190 g/mol. The van der Waals surface area contributed by atoms with Crippen LogP contribution in [0.15, 0.2) is 0 Å². The Morgan fingerprint density at radius 2 is 1.77 bits per heavy atom. The highest BCUT2D eigenvalue weighted by molar-refractivity contribution is 5.82. The van der Waals surface area contributed by atoms with Crippen LogP contribution in [0.3, 0.4) is 0 Å². The molecule has 4 nitrogen and oxygen atoms in total. The topological polar surface area (TPSA) is 55.8 Å². The van der Waals surface area contributed by atoms with E-state index in [9.17, 15) is 9.90 Å². The van der Waals surface area contributed by atoms with Gasteiger partial charge in [0.15, 0.2) is 5.78 Å². The van der Waals surface area contributed by atoms with Gasteiger partial charge in [0, 0.05) is 20.6 Å². The fourth-order valence-electron chi connectivity index (χ4n) is 0.897. The summed E-state index contributed by atoms with van der Waals surface area (Å²) in [6, 6.07) is 0. The van der Waals surface area contributed by atoms with Gasteiger partial charge in [0.05, 0.1) is 6.10 Å². The van der Waals surface area contributed by atoms with E-state index in [1.807, 2.05) is 13.8 Å². The molecule has 0 fully saturated rings. The molecule has 0 spiro atoms. The lowest BCUT2D eigenvalue weighted by Gasteiger charge is -2.17. The van der Waals surface area contributed by atoms with Gasteiger partial charge < -0.3 is 14.6 Å². The molecular formula is C9H18O4. The summed E-state index contributed by atoms with van der Waals surface area (Å²) in [5, 5.41) is 9.40. The van der Waals surface area contributed by atoms with Gasteiger partial charge in [0.25, 0.3) is 0 Å². The first-order valence-corrected chi connectivity index (χ1v) is 4.29. The zero-order valence-electron chi connectivity index (χ0n) is 8.61. The Labute approximate surface area is 78.8 Å². The first-order valence-electron chi connectivity index (χ1n) is 4.29. The second-order valence-electron chi connectivity index (χ2n) is 3.29. The summed E-state index contributed by atoms with van der Waals surface area (Å²) in [5.41, 5.74) is 0. The van der Waals surface area contributed by atoms with E-state index < -0.39 is 12.4 Å². The molecule has 0 amide bonds. The van der Waals surface area contributed by atoms with E-state index in [0.717, 1.165) is 0 Å². The number of hydrogen-bond acceptors (Lipinski definition) is 4. The van der Waals surface area contributed by atoms with Crippen LogP contribution in [0.25, 0.3) is 0 Å². The molecule has 78 valence electrons. The molecule has 0 saturated carbocycles. The molecule has 1 atom stereocenters.